The van der Waals surface area contributed by atoms with E-state index in [1.54, 1.807) is 29.2 Å². The minimum Gasteiger partial charge on any atom is -0.478 e. The number of hydrogen-bond acceptors (Lipinski definition) is 4. The third-order valence-electron chi connectivity index (χ3n) is 5.12. The molecule has 3 aromatic rings. The summed E-state index contributed by atoms with van der Waals surface area (Å²) in [6.07, 6.45) is 1.78. The van der Waals surface area contributed by atoms with Crippen molar-refractivity contribution in [3.63, 3.8) is 0 Å². The van der Waals surface area contributed by atoms with Gasteiger partial charge in [-0.05, 0) is 49.6 Å². The average Bonchev–Trinajstić information content (AvgIpc) is 3.37. The van der Waals surface area contributed by atoms with E-state index in [0.29, 0.717) is 30.2 Å². The second kappa shape index (κ2) is 7.34. The lowest BCUT2D eigenvalue weighted by Gasteiger charge is -2.32. The normalized spacial score (nSPS) is 16.9. The number of aromatic nitrogens is 2. The van der Waals surface area contributed by atoms with Gasteiger partial charge in [-0.3, -0.25) is 9.89 Å². The molecule has 0 radical (unpaired) electrons. The van der Waals surface area contributed by atoms with Crippen molar-refractivity contribution in [2.45, 2.75) is 25.7 Å². The van der Waals surface area contributed by atoms with Crippen molar-refractivity contribution < 1.29 is 19.1 Å². The van der Waals surface area contributed by atoms with Crippen LogP contribution in [0.5, 0.6) is 0 Å². The van der Waals surface area contributed by atoms with Gasteiger partial charge in [0, 0.05) is 25.1 Å². The van der Waals surface area contributed by atoms with Crippen LogP contribution in [0.15, 0.2) is 46.9 Å². The Labute approximate surface area is 162 Å². The van der Waals surface area contributed by atoms with E-state index in [4.69, 9.17) is 4.42 Å². The lowest BCUT2D eigenvalue weighted by Crippen LogP contribution is -2.39. The van der Waals surface area contributed by atoms with Crippen LogP contribution in [0.4, 0.5) is 0 Å². The van der Waals surface area contributed by atoms with Crippen LogP contribution in [0.3, 0.4) is 0 Å². The van der Waals surface area contributed by atoms with Crippen molar-refractivity contribution >= 4 is 11.9 Å². The predicted molar refractivity (Wildman–Crippen MR) is 102 cm³/mol. The summed E-state index contributed by atoms with van der Waals surface area (Å²) < 4.78 is 5.57. The molecule has 1 aliphatic rings. The van der Waals surface area contributed by atoms with Crippen molar-refractivity contribution in [2.75, 3.05) is 13.1 Å². The van der Waals surface area contributed by atoms with Crippen LogP contribution in [0.1, 0.15) is 50.9 Å². The number of benzene rings is 1. The number of aromatic amines is 1. The summed E-state index contributed by atoms with van der Waals surface area (Å²) in [5.74, 6) is 0.474. The zero-order chi connectivity index (χ0) is 19.7. The molecular weight excluding hydrogens is 358 g/mol. The van der Waals surface area contributed by atoms with Crippen LogP contribution in [-0.4, -0.2) is 45.2 Å². The Kier molecular flexibility index (Phi) is 4.73. The Bertz CT molecular complexity index is 1020. The molecule has 0 spiro atoms. The van der Waals surface area contributed by atoms with E-state index in [2.05, 4.69) is 10.2 Å². The second-order valence-electron chi connectivity index (χ2n) is 7.10. The Morgan fingerprint density at radius 1 is 1.25 bits per heavy atom. The number of likely N-dealkylation sites (tertiary alicyclic amines) is 1. The third-order valence-corrected chi connectivity index (χ3v) is 5.12. The summed E-state index contributed by atoms with van der Waals surface area (Å²) in [6, 6.07) is 12.4. The number of aryl methyl sites for hydroxylation is 1. The largest absolute Gasteiger partial charge is 0.478 e. The molecule has 0 saturated carbocycles. The molecule has 3 heterocycles. The topological polar surface area (TPSA) is 99.4 Å². The number of nitrogens with zero attached hydrogens (tertiary/aromatic N) is 2. The summed E-state index contributed by atoms with van der Waals surface area (Å²) in [5, 5.41) is 16.2. The number of amides is 1. The van der Waals surface area contributed by atoms with Crippen molar-refractivity contribution in [2.24, 2.45) is 0 Å². The zero-order valence-electron chi connectivity index (χ0n) is 15.5. The number of rotatable bonds is 4. The summed E-state index contributed by atoms with van der Waals surface area (Å²) in [6.45, 7) is 3.07. The van der Waals surface area contributed by atoms with Crippen molar-refractivity contribution in [3.8, 4) is 11.5 Å². The molecule has 1 amide bonds. The fraction of sp³-hybridized carbons (Fsp3) is 0.286. The first-order valence-corrected chi connectivity index (χ1v) is 9.26. The van der Waals surface area contributed by atoms with Crippen LogP contribution >= 0.6 is 0 Å². The number of furan rings is 1. The fourth-order valence-electron chi connectivity index (χ4n) is 3.66. The standard InChI is InChI=1S/C21H21N3O4/c1-13-7-8-19(28-13)17-11-18(23-22-17)20(25)24-9-3-6-16(12-24)14-4-2-5-15(10-14)21(26)27/h2,4-5,7-8,10-11,16H,3,6,9,12H2,1H3,(H,22,23)(H,26,27)/t16-/m0/s1. The lowest BCUT2D eigenvalue weighted by atomic mass is 9.89. The van der Waals surface area contributed by atoms with Crippen LogP contribution < -0.4 is 0 Å². The quantitative estimate of drug-likeness (QED) is 0.720. The summed E-state index contributed by atoms with van der Waals surface area (Å²) >= 11 is 0. The molecule has 4 rings (SSSR count). The third kappa shape index (κ3) is 3.55. The molecular formula is C21H21N3O4. The fourth-order valence-corrected chi connectivity index (χ4v) is 3.66. The molecule has 2 N–H and O–H groups in total. The van der Waals surface area contributed by atoms with E-state index < -0.39 is 5.97 Å². The first-order valence-electron chi connectivity index (χ1n) is 9.26. The summed E-state index contributed by atoms with van der Waals surface area (Å²) in [4.78, 5) is 25.9. The van der Waals surface area contributed by atoms with Crippen molar-refractivity contribution in [3.05, 3.63) is 65.0 Å². The van der Waals surface area contributed by atoms with Gasteiger partial charge in [0.15, 0.2) is 11.5 Å². The predicted octanol–water partition coefficient (Wildman–Crippen LogP) is 3.70. The number of carbonyl (C=O) groups excluding carboxylic acids is 1. The maximum absolute atomic E-state index is 12.9. The van der Waals surface area contributed by atoms with E-state index in [0.717, 1.165) is 24.2 Å². The zero-order valence-corrected chi connectivity index (χ0v) is 15.5. The van der Waals surface area contributed by atoms with Gasteiger partial charge in [-0.1, -0.05) is 12.1 Å². The molecule has 1 atom stereocenters. The molecule has 0 aliphatic carbocycles. The molecule has 1 fully saturated rings. The van der Waals surface area contributed by atoms with Gasteiger partial charge in [0.1, 0.15) is 11.5 Å². The Balaban J connectivity index is 1.50. The summed E-state index contributed by atoms with van der Waals surface area (Å²) in [5.41, 5.74) is 2.24. The number of carboxylic acid groups (broad SMARTS) is 1. The minimum atomic E-state index is -0.942. The Hall–Kier alpha value is -3.35. The van der Waals surface area contributed by atoms with Gasteiger partial charge in [0.2, 0.25) is 0 Å². The highest BCUT2D eigenvalue weighted by atomic mass is 16.4. The van der Waals surface area contributed by atoms with Crippen LogP contribution in [-0.2, 0) is 0 Å². The lowest BCUT2D eigenvalue weighted by molar-refractivity contribution is 0.0685. The smallest absolute Gasteiger partial charge is 0.335 e. The number of nitrogens with one attached hydrogen (secondary N) is 1. The molecule has 1 saturated heterocycles. The highest BCUT2D eigenvalue weighted by molar-refractivity contribution is 5.93. The molecule has 1 aliphatic heterocycles. The number of carboxylic acids is 1. The molecule has 7 heteroatoms. The number of hydrogen-bond donors (Lipinski definition) is 2. The van der Waals surface area contributed by atoms with Crippen LogP contribution in [0, 0.1) is 6.92 Å². The van der Waals surface area contributed by atoms with Gasteiger partial charge in [-0.25, -0.2) is 4.79 Å². The van der Waals surface area contributed by atoms with Gasteiger partial charge in [0.05, 0.1) is 5.56 Å². The number of H-pyrrole nitrogens is 1. The Morgan fingerprint density at radius 2 is 2.11 bits per heavy atom. The second-order valence-corrected chi connectivity index (χ2v) is 7.10. The van der Waals surface area contributed by atoms with E-state index >= 15 is 0 Å². The maximum atomic E-state index is 12.9. The first kappa shape index (κ1) is 18.0. The SMILES string of the molecule is Cc1ccc(-c2cc(C(=O)N3CCC[C@H](c4cccc(C(=O)O)c4)C3)n[nH]2)o1. The molecule has 144 valence electrons. The van der Waals surface area contributed by atoms with Crippen LogP contribution in [0.2, 0.25) is 0 Å². The summed E-state index contributed by atoms with van der Waals surface area (Å²) in [7, 11) is 0. The monoisotopic (exact) mass is 379 g/mol. The maximum Gasteiger partial charge on any atom is 0.335 e. The van der Waals surface area contributed by atoms with E-state index in [1.165, 1.54) is 0 Å². The van der Waals surface area contributed by atoms with Gasteiger partial charge < -0.3 is 14.4 Å². The Morgan fingerprint density at radius 3 is 2.86 bits per heavy atom. The number of piperidine rings is 1. The molecule has 0 unspecified atom stereocenters. The van der Waals surface area contributed by atoms with Gasteiger partial charge in [-0.2, -0.15) is 5.10 Å². The van der Waals surface area contributed by atoms with Gasteiger partial charge in [0.25, 0.3) is 5.91 Å². The van der Waals surface area contributed by atoms with Gasteiger partial charge in [-0.15, -0.1) is 0 Å². The molecule has 1 aromatic carbocycles. The van der Waals surface area contributed by atoms with Crippen molar-refractivity contribution in [1.29, 1.82) is 0 Å². The molecule has 28 heavy (non-hydrogen) atoms. The first-order chi connectivity index (χ1) is 13.5. The van der Waals surface area contributed by atoms with Gasteiger partial charge >= 0.3 is 5.97 Å². The van der Waals surface area contributed by atoms with Crippen molar-refractivity contribution in [1.82, 2.24) is 15.1 Å². The van der Waals surface area contributed by atoms with E-state index in [9.17, 15) is 14.7 Å². The molecule has 7 nitrogen and oxygen atoms in total. The molecule has 2 aromatic heterocycles. The van der Waals surface area contributed by atoms with E-state index in [1.807, 2.05) is 25.1 Å². The van der Waals surface area contributed by atoms with E-state index in [-0.39, 0.29) is 17.4 Å². The minimum absolute atomic E-state index is 0.114. The highest BCUT2D eigenvalue weighted by Gasteiger charge is 2.27. The highest BCUT2D eigenvalue weighted by Crippen LogP contribution is 2.29. The number of aromatic carboxylic acids is 1. The average molecular weight is 379 g/mol. The number of carbonyl (C=O) groups is 2. The molecule has 0 bridgehead atoms. The van der Waals surface area contributed by atoms with Crippen LogP contribution in [0.25, 0.3) is 11.5 Å².